The SMILES string of the molecule is COc1cc(C(=O)Nc2cc(C(F)(F)F)ccc2N(C)C)cc(OC)c1OCc1ccccc1. The summed E-state index contributed by atoms with van der Waals surface area (Å²) < 4.78 is 56.4. The van der Waals surface area contributed by atoms with Crippen molar-refractivity contribution in [1.29, 1.82) is 0 Å². The van der Waals surface area contributed by atoms with Crippen LogP contribution in [0.4, 0.5) is 24.5 Å². The van der Waals surface area contributed by atoms with E-state index in [1.165, 1.54) is 32.4 Å². The molecule has 180 valence electrons. The van der Waals surface area contributed by atoms with Crippen LogP contribution in [0, 0.1) is 0 Å². The number of rotatable bonds is 8. The first-order valence-corrected chi connectivity index (χ1v) is 10.3. The predicted octanol–water partition coefficient (Wildman–Crippen LogP) is 5.62. The lowest BCUT2D eigenvalue weighted by atomic mass is 10.1. The van der Waals surface area contributed by atoms with E-state index >= 15 is 0 Å². The molecule has 1 N–H and O–H groups in total. The van der Waals surface area contributed by atoms with Gasteiger partial charge in [0.2, 0.25) is 5.75 Å². The fourth-order valence-electron chi connectivity index (χ4n) is 3.28. The van der Waals surface area contributed by atoms with Gasteiger partial charge in [0.1, 0.15) is 6.61 Å². The number of amides is 1. The molecule has 0 atom stereocenters. The molecule has 0 aliphatic heterocycles. The highest BCUT2D eigenvalue weighted by Crippen LogP contribution is 2.40. The third-order valence-corrected chi connectivity index (χ3v) is 5.00. The molecule has 0 aromatic heterocycles. The van der Waals surface area contributed by atoms with Gasteiger partial charge in [-0.25, -0.2) is 0 Å². The Kier molecular flexibility index (Phi) is 7.55. The molecule has 0 heterocycles. The van der Waals surface area contributed by atoms with E-state index in [4.69, 9.17) is 14.2 Å². The molecule has 0 spiro atoms. The number of carbonyl (C=O) groups is 1. The van der Waals surface area contributed by atoms with Gasteiger partial charge in [-0.2, -0.15) is 13.2 Å². The first-order chi connectivity index (χ1) is 16.1. The molecule has 0 fully saturated rings. The minimum absolute atomic E-state index is 0.0205. The third kappa shape index (κ3) is 5.72. The van der Waals surface area contributed by atoms with E-state index < -0.39 is 17.6 Å². The van der Waals surface area contributed by atoms with Crippen LogP contribution in [0.3, 0.4) is 0 Å². The molecule has 0 bridgehead atoms. The Morgan fingerprint density at radius 3 is 2.09 bits per heavy atom. The van der Waals surface area contributed by atoms with E-state index in [0.717, 1.165) is 17.7 Å². The standard InChI is InChI=1S/C25H25F3N2O4/c1-30(2)20-11-10-18(25(26,27)28)14-19(20)29-24(31)17-12-21(32-3)23(22(13-17)33-4)34-15-16-8-6-5-7-9-16/h5-14H,15H2,1-4H3,(H,29,31). The van der Waals surface area contributed by atoms with Gasteiger partial charge in [0.25, 0.3) is 5.91 Å². The molecule has 0 saturated heterocycles. The molecule has 6 nitrogen and oxygen atoms in total. The monoisotopic (exact) mass is 474 g/mol. The van der Waals surface area contributed by atoms with Gasteiger partial charge >= 0.3 is 6.18 Å². The number of anilines is 2. The molecule has 0 saturated carbocycles. The number of halogens is 3. The van der Waals surface area contributed by atoms with Crippen LogP contribution in [0.25, 0.3) is 0 Å². The summed E-state index contributed by atoms with van der Waals surface area (Å²) in [6.45, 7) is 0.246. The first-order valence-electron chi connectivity index (χ1n) is 10.3. The highest BCUT2D eigenvalue weighted by atomic mass is 19.4. The number of hydrogen-bond donors (Lipinski definition) is 1. The van der Waals surface area contributed by atoms with Crippen molar-refractivity contribution in [3.8, 4) is 17.2 Å². The summed E-state index contributed by atoms with van der Waals surface area (Å²) in [6, 6.07) is 15.5. The Morgan fingerprint density at radius 1 is 0.941 bits per heavy atom. The molecule has 3 aromatic carbocycles. The van der Waals surface area contributed by atoms with Gasteiger partial charge in [-0.3, -0.25) is 4.79 Å². The van der Waals surface area contributed by atoms with Crippen molar-refractivity contribution in [1.82, 2.24) is 0 Å². The summed E-state index contributed by atoms with van der Waals surface area (Å²) in [4.78, 5) is 14.6. The Hall–Kier alpha value is -3.88. The fourth-order valence-corrected chi connectivity index (χ4v) is 3.28. The first kappa shape index (κ1) is 24.8. The average molecular weight is 474 g/mol. The van der Waals surface area contributed by atoms with E-state index in [1.807, 2.05) is 30.3 Å². The molecule has 3 rings (SSSR count). The maximum absolute atomic E-state index is 13.2. The van der Waals surface area contributed by atoms with Crippen molar-refractivity contribution in [2.24, 2.45) is 0 Å². The van der Waals surface area contributed by atoms with E-state index in [0.29, 0.717) is 11.4 Å². The summed E-state index contributed by atoms with van der Waals surface area (Å²) in [5.74, 6) is 0.168. The fraction of sp³-hybridized carbons (Fsp3) is 0.240. The minimum Gasteiger partial charge on any atom is -0.493 e. The van der Waals surface area contributed by atoms with Gasteiger partial charge < -0.3 is 24.4 Å². The van der Waals surface area contributed by atoms with E-state index in [2.05, 4.69) is 5.32 Å². The number of hydrogen-bond acceptors (Lipinski definition) is 5. The van der Waals surface area contributed by atoms with E-state index in [1.54, 1.807) is 19.0 Å². The van der Waals surface area contributed by atoms with Crippen LogP contribution in [0.2, 0.25) is 0 Å². The smallest absolute Gasteiger partial charge is 0.416 e. The topological polar surface area (TPSA) is 60.0 Å². The van der Waals surface area contributed by atoms with Crippen LogP contribution >= 0.6 is 0 Å². The molecule has 34 heavy (non-hydrogen) atoms. The van der Waals surface area contributed by atoms with Crippen molar-refractivity contribution in [3.05, 3.63) is 77.4 Å². The highest BCUT2D eigenvalue weighted by molar-refractivity contribution is 6.06. The van der Waals surface area contributed by atoms with Gasteiger partial charge in [-0.05, 0) is 35.9 Å². The third-order valence-electron chi connectivity index (χ3n) is 5.00. The lowest BCUT2D eigenvalue weighted by molar-refractivity contribution is -0.137. The molecule has 0 radical (unpaired) electrons. The molecule has 9 heteroatoms. The molecular weight excluding hydrogens is 449 g/mol. The molecule has 0 aliphatic carbocycles. The van der Waals surface area contributed by atoms with Gasteiger partial charge in [0, 0.05) is 19.7 Å². The van der Waals surface area contributed by atoms with Crippen molar-refractivity contribution in [3.63, 3.8) is 0 Å². The summed E-state index contributed by atoms with van der Waals surface area (Å²) in [6.07, 6.45) is -4.55. The van der Waals surface area contributed by atoms with Crippen LogP contribution in [-0.4, -0.2) is 34.2 Å². The van der Waals surface area contributed by atoms with Gasteiger partial charge in [-0.15, -0.1) is 0 Å². The largest absolute Gasteiger partial charge is 0.493 e. The van der Waals surface area contributed by atoms with Crippen molar-refractivity contribution in [2.45, 2.75) is 12.8 Å². The zero-order chi connectivity index (χ0) is 24.9. The van der Waals surface area contributed by atoms with E-state index in [-0.39, 0.29) is 29.4 Å². The van der Waals surface area contributed by atoms with Crippen molar-refractivity contribution in [2.75, 3.05) is 38.5 Å². The predicted molar refractivity (Wildman–Crippen MR) is 124 cm³/mol. The maximum atomic E-state index is 13.2. The van der Waals surface area contributed by atoms with Crippen LogP contribution in [-0.2, 0) is 12.8 Å². The number of nitrogens with one attached hydrogen (secondary N) is 1. The Bertz CT molecular complexity index is 1120. The zero-order valence-corrected chi connectivity index (χ0v) is 19.2. The van der Waals surface area contributed by atoms with Crippen LogP contribution in [0.15, 0.2) is 60.7 Å². The van der Waals surface area contributed by atoms with Gasteiger partial charge in [-0.1, -0.05) is 30.3 Å². The molecule has 0 aliphatic rings. The Labute approximate surface area is 195 Å². The number of carbonyl (C=O) groups excluding carboxylic acids is 1. The molecular formula is C25H25F3N2O4. The molecule has 0 unspecified atom stereocenters. The highest BCUT2D eigenvalue weighted by Gasteiger charge is 2.31. The van der Waals surface area contributed by atoms with Crippen LogP contribution in [0.1, 0.15) is 21.5 Å². The normalized spacial score (nSPS) is 11.0. The molecule has 3 aromatic rings. The lowest BCUT2D eigenvalue weighted by Gasteiger charge is -2.20. The number of alkyl halides is 3. The maximum Gasteiger partial charge on any atom is 0.416 e. The number of methoxy groups -OCH3 is 2. The van der Waals surface area contributed by atoms with Gasteiger partial charge in [0.15, 0.2) is 11.5 Å². The van der Waals surface area contributed by atoms with E-state index in [9.17, 15) is 18.0 Å². The summed E-state index contributed by atoms with van der Waals surface area (Å²) >= 11 is 0. The second-order valence-electron chi connectivity index (χ2n) is 7.56. The van der Waals surface area contributed by atoms with Crippen molar-refractivity contribution >= 4 is 17.3 Å². The summed E-state index contributed by atoms with van der Waals surface area (Å²) in [7, 11) is 6.18. The average Bonchev–Trinajstić information content (AvgIpc) is 2.81. The van der Waals surface area contributed by atoms with Crippen molar-refractivity contribution < 1.29 is 32.2 Å². The summed E-state index contributed by atoms with van der Waals surface area (Å²) in [5, 5.41) is 2.57. The number of nitrogens with zero attached hydrogens (tertiary/aromatic N) is 1. The minimum atomic E-state index is -4.55. The summed E-state index contributed by atoms with van der Waals surface area (Å²) in [5.41, 5.74) is 0.626. The van der Waals surface area contributed by atoms with Gasteiger partial charge in [0.05, 0.1) is 31.2 Å². The Morgan fingerprint density at radius 2 is 1.56 bits per heavy atom. The zero-order valence-electron chi connectivity index (χ0n) is 19.2. The quantitative estimate of drug-likeness (QED) is 0.459. The lowest BCUT2D eigenvalue weighted by Crippen LogP contribution is -2.18. The molecule has 1 amide bonds. The Balaban J connectivity index is 1.92. The second kappa shape index (κ2) is 10.4. The number of benzene rings is 3. The second-order valence-corrected chi connectivity index (χ2v) is 7.56. The van der Waals surface area contributed by atoms with Crippen LogP contribution in [0.5, 0.6) is 17.2 Å². The number of ether oxygens (including phenoxy) is 3. The van der Waals surface area contributed by atoms with Crippen LogP contribution < -0.4 is 24.4 Å².